The molecule has 1 aromatic carbocycles. The van der Waals surface area contributed by atoms with Gasteiger partial charge in [-0.3, -0.25) is 9.48 Å². The summed E-state index contributed by atoms with van der Waals surface area (Å²) in [7, 11) is 0. The molecule has 0 spiro atoms. The first kappa shape index (κ1) is 26.0. The third kappa shape index (κ3) is 4.36. The van der Waals surface area contributed by atoms with Gasteiger partial charge in [0.05, 0.1) is 17.1 Å². The van der Waals surface area contributed by atoms with Crippen LogP contribution in [0.5, 0.6) is 0 Å². The lowest BCUT2D eigenvalue weighted by Crippen LogP contribution is -2.61. The number of nitrogens with two attached hydrogens (primary N) is 1. The second-order valence-corrected chi connectivity index (χ2v) is 10.1. The van der Waals surface area contributed by atoms with Gasteiger partial charge in [0.25, 0.3) is 0 Å². The molecule has 0 radical (unpaired) electrons. The van der Waals surface area contributed by atoms with Crippen LogP contribution in [0.2, 0.25) is 0 Å². The molecule has 0 aliphatic carbocycles. The summed E-state index contributed by atoms with van der Waals surface area (Å²) in [6, 6.07) is 7.36. The fourth-order valence-corrected chi connectivity index (χ4v) is 5.56. The Bertz CT molecular complexity index is 1530. The van der Waals surface area contributed by atoms with Crippen LogP contribution in [0, 0.1) is 5.82 Å². The quantitative estimate of drug-likeness (QED) is 0.294. The minimum atomic E-state index is -4.49. The Kier molecular flexibility index (Phi) is 6.34. The number of rotatable bonds is 5. The maximum atomic E-state index is 15.1. The zero-order valence-electron chi connectivity index (χ0n) is 20.7. The van der Waals surface area contributed by atoms with Crippen molar-refractivity contribution in [1.82, 2.24) is 28.7 Å². The number of hydrogen-bond donors (Lipinski definition) is 1. The van der Waals surface area contributed by atoms with E-state index in [0.717, 1.165) is 4.68 Å². The Hall–Kier alpha value is -3.65. The molecule has 1 saturated heterocycles. The van der Waals surface area contributed by atoms with Gasteiger partial charge in [0.2, 0.25) is 5.91 Å². The maximum absolute atomic E-state index is 15.1. The molecule has 0 unspecified atom stereocenters. The highest BCUT2D eigenvalue weighted by atomic mass is 32.2. The van der Waals surface area contributed by atoms with Crippen molar-refractivity contribution in [3.05, 3.63) is 48.7 Å². The van der Waals surface area contributed by atoms with E-state index in [2.05, 4.69) is 15.2 Å². The Labute approximate surface area is 219 Å². The highest BCUT2D eigenvalue weighted by Gasteiger charge is 2.43. The van der Waals surface area contributed by atoms with Gasteiger partial charge in [-0.1, -0.05) is 11.9 Å². The number of carbonyl (C=O) groups is 1. The number of halogens is 4. The lowest BCUT2D eigenvalue weighted by Gasteiger charge is -2.44. The van der Waals surface area contributed by atoms with Gasteiger partial charge in [-0.15, -0.1) is 0 Å². The number of carbonyl (C=O) groups excluding carboxylic acids is 1. The van der Waals surface area contributed by atoms with Crippen LogP contribution in [-0.4, -0.2) is 65.7 Å². The highest BCUT2D eigenvalue weighted by molar-refractivity contribution is 7.96. The molecule has 4 heterocycles. The van der Waals surface area contributed by atoms with Gasteiger partial charge in [-0.25, -0.2) is 18.2 Å². The molecule has 0 saturated carbocycles. The summed E-state index contributed by atoms with van der Waals surface area (Å²) in [5, 5.41) is 8.09. The van der Waals surface area contributed by atoms with Gasteiger partial charge >= 0.3 is 6.18 Å². The van der Waals surface area contributed by atoms with Gasteiger partial charge in [0, 0.05) is 30.4 Å². The number of amides is 1. The lowest BCUT2D eigenvalue weighted by atomic mass is 9.99. The fraction of sp³-hybridized carbons (Fsp3) is 0.333. The van der Waals surface area contributed by atoms with Gasteiger partial charge in [-0.05, 0) is 50.4 Å². The molecule has 1 aliphatic rings. The van der Waals surface area contributed by atoms with Crippen LogP contribution < -0.4 is 10.6 Å². The van der Waals surface area contributed by atoms with Crippen LogP contribution in [-0.2, 0) is 11.3 Å². The molecule has 14 heteroatoms. The molecule has 1 amide bonds. The van der Waals surface area contributed by atoms with Crippen LogP contribution >= 0.6 is 11.9 Å². The number of anilines is 2. The lowest BCUT2D eigenvalue weighted by molar-refractivity contribution is -0.142. The summed E-state index contributed by atoms with van der Waals surface area (Å²) < 4.78 is 58.9. The zero-order chi connectivity index (χ0) is 27.4. The molecular formula is C24H24F4N8OS. The van der Waals surface area contributed by atoms with Gasteiger partial charge in [-0.2, -0.15) is 23.4 Å². The van der Waals surface area contributed by atoms with E-state index in [1.807, 2.05) is 10.6 Å². The summed E-state index contributed by atoms with van der Waals surface area (Å²) in [6.45, 7) is 3.10. The minimum Gasteiger partial charge on any atom is -0.382 e. The van der Waals surface area contributed by atoms with Crippen molar-refractivity contribution >= 4 is 34.9 Å². The molecule has 3 aromatic heterocycles. The Morgan fingerprint density at radius 2 is 1.87 bits per heavy atom. The summed E-state index contributed by atoms with van der Waals surface area (Å²) >= 11 is 1.45. The second-order valence-electron chi connectivity index (χ2n) is 9.30. The van der Waals surface area contributed by atoms with E-state index in [-0.39, 0.29) is 35.2 Å². The molecular weight excluding hydrogens is 524 g/mol. The van der Waals surface area contributed by atoms with Crippen molar-refractivity contribution in [2.45, 2.75) is 32.1 Å². The average Bonchev–Trinajstić information content (AvgIpc) is 3.45. The van der Waals surface area contributed by atoms with E-state index in [9.17, 15) is 18.0 Å². The number of aromatic nitrogens is 5. The zero-order valence-corrected chi connectivity index (χ0v) is 21.5. The van der Waals surface area contributed by atoms with Crippen molar-refractivity contribution < 1.29 is 22.4 Å². The first-order chi connectivity index (χ1) is 17.9. The minimum absolute atomic E-state index is 0.0495. The number of alkyl halides is 3. The topological polar surface area (TPSA) is 97.6 Å². The van der Waals surface area contributed by atoms with E-state index in [1.165, 1.54) is 58.2 Å². The molecule has 1 fully saturated rings. The largest absolute Gasteiger partial charge is 0.408 e. The predicted molar refractivity (Wildman–Crippen MR) is 137 cm³/mol. The summed E-state index contributed by atoms with van der Waals surface area (Å²) in [6.07, 6.45) is -0.119. The van der Waals surface area contributed by atoms with Gasteiger partial charge in [0.15, 0.2) is 5.82 Å². The van der Waals surface area contributed by atoms with Crippen molar-refractivity contribution in [3.63, 3.8) is 0 Å². The molecule has 0 bridgehead atoms. The average molecular weight is 549 g/mol. The van der Waals surface area contributed by atoms with Crippen molar-refractivity contribution in [2.24, 2.45) is 0 Å². The molecule has 9 nitrogen and oxygen atoms in total. The summed E-state index contributed by atoms with van der Waals surface area (Å²) in [5.74, 6) is -0.778. The summed E-state index contributed by atoms with van der Waals surface area (Å²) in [4.78, 5) is 18.8. The van der Waals surface area contributed by atoms with Gasteiger partial charge in [0.1, 0.15) is 29.7 Å². The Balaban J connectivity index is 1.64. The van der Waals surface area contributed by atoms with E-state index in [4.69, 9.17) is 5.73 Å². The van der Waals surface area contributed by atoms with E-state index in [1.54, 1.807) is 19.9 Å². The first-order valence-corrected chi connectivity index (χ1v) is 12.8. The fourth-order valence-electron chi connectivity index (χ4n) is 4.76. The third-order valence-corrected chi connectivity index (χ3v) is 7.66. The number of nitrogens with zero attached hydrogens (tertiary/aromatic N) is 7. The predicted octanol–water partition coefficient (Wildman–Crippen LogP) is 4.25. The molecule has 38 heavy (non-hydrogen) atoms. The smallest absolute Gasteiger partial charge is 0.382 e. The molecule has 5 rings (SSSR count). The van der Waals surface area contributed by atoms with Crippen LogP contribution in [0.15, 0.2) is 42.9 Å². The first-order valence-electron chi connectivity index (χ1n) is 11.6. The number of piperazine rings is 1. The van der Waals surface area contributed by atoms with E-state index in [0.29, 0.717) is 23.4 Å². The number of benzene rings is 1. The Morgan fingerprint density at radius 1 is 1.11 bits per heavy atom. The van der Waals surface area contributed by atoms with Crippen LogP contribution in [0.25, 0.3) is 28.0 Å². The maximum Gasteiger partial charge on any atom is 0.408 e. The van der Waals surface area contributed by atoms with Crippen LogP contribution in [0.4, 0.5) is 29.1 Å². The SMILES string of the molecule is CSN1CCN(c2cc(-c3cc(-c4ccnn4CC(F)(F)F)c4c(N)ncnn34)ccc2F)C(=O)C1(C)C. The molecule has 200 valence electrons. The molecule has 0 atom stereocenters. The second kappa shape index (κ2) is 9.27. The number of hydrogen-bond acceptors (Lipinski definition) is 7. The third-order valence-electron chi connectivity index (χ3n) is 6.58. The normalized spacial score (nSPS) is 16.5. The van der Waals surface area contributed by atoms with E-state index >= 15 is 4.39 Å². The number of nitrogen functional groups attached to an aromatic ring is 1. The van der Waals surface area contributed by atoms with Crippen LogP contribution in [0.1, 0.15) is 13.8 Å². The van der Waals surface area contributed by atoms with Crippen LogP contribution in [0.3, 0.4) is 0 Å². The number of fused-ring (bicyclic) bond motifs is 1. The molecule has 4 aromatic rings. The van der Waals surface area contributed by atoms with Crippen molar-refractivity contribution in [3.8, 4) is 22.5 Å². The summed E-state index contributed by atoms with van der Waals surface area (Å²) in [5.41, 5.74) is 7.07. The molecule has 2 N–H and O–H groups in total. The highest BCUT2D eigenvalue weighted by Crippen LogP contribution is 2.38. The van der Waals surface area contributed by atoms with Gasteiger partial charge < -0.3 is 10.6 Å². The standard InChI is InChI=1S/C24H24F4N8OS/c1-23(2)22(37)33(8-9-35(23)38-3)19-10-14(4-5-16(19)25)18-11-15(20-21(29)30-13-32-36(18)20)17-6-7-31-34(17)12-24(26,27)28/h4-7,10-11,13H,8-9,12H2,1-3H3,(H2,29,30,32). The molecule has 1 aliphatic heterocycles. The van der Waals surface area contributed by atoms with Crippen molar-refractivity contribution in [1.29, 1.82) is 0 Å². The van der Waals surface area contributed by atoms with Crippen molar-refractivity contribution in [2.75, 3.05) is 30.0 Å². The Morgan fingerprint density at radius 3 is 2.58 bits per heavy atom. The van der Waals surface area contributed by atoms with E-state index < -0.39 is 24.1 Å². The monoisotopic (exact) mass is 548 g/mol.